The summed E-state index contributed by atoms with van der Waals surface area (Å²) < 4.78 is 5.93. The van der Waals surface area contributed by atoms with Crippen molar-refractivity contribution in [2.24, 2.45) is 10.1 Å². The van der Waals surface area contributed by atoms with Crippen LogP contribution in [0.2, 0.25) is 0 Å². The molecule has 0 saturated carbocycles. The first kappa shape index (κ1) is 24.2. The van der Waals surface area contributed by atoms with E-state index in [9.17, 15) is 0 Å². The van der Waals surface area contributed by atoms with Gasteiger partial charge in [-0.2, -0.15) is 0 Å². The Morgan fingerprint density at radius 1 is 0.867 bits per heavy atom. The van der Waals surface area contributed by atoms with Gasteiger partial charge in [-0.1, -0.05) is 41.1 Å². The standard InChI is InChI=1S/C23H24N2O2.2ClH.Fe/c1-15-13-16(2)23(17(3)14-15)24-18(4)21-11-12-22(26-21)19(5)25-27-20-9-7-6-8-10-20;;;/h6-14H,1-5H3;2*1H;/q;;;+2/p-2/b24-18?,25-19+;;;. The van der Waals surface area contributed by atoms with Gasteiger partial charge in [0, 0.05) is 0 Å². The van der Waals surface area contributed by atoms with Crippen molar-refractivity contribution >= 4 is 37.3 Å². The number of halogens is 2. The molecule has 7 heteroatoms. The van der Waals surface area contributed by atoms with Crippen molar-refractivity contribution < 1.29 is 22.4 Å². The molecule has 0 amide bonds. The number of hydrogen-bond donors (Lipinski definition) is 0. The monoisotopic (exact) mass is 486 g/mol. The van der Waals surface area contributed by atoms with Gasteiger partial charge in [-0.15, -0.1) is 0 Å². The Kier molecular flexibility index (Phi) is 9.67. The average Bonchev–Trinajstić information content (AvgIpc) is 3.20. The Morgan fingerprint density at radius 2 is 1.40 bits per heavy atom. The molecule has 1 heterocycles. The Morgan fingerprint density at radius 3 is 1.97 bits per heavy atom. The summed E-state index contributed by atoms with van der Waals surface area (Å²) in [6.45, 7) is 10.1. The molecular formula is C23H24Cl2FeN2O2. The van der Waals surface area contributed by atoms with E-state index in [4.69, 9.17) is 34.4 Å². The maximum absolute atomic E-state index is 5.93. The molecule has 4 nitrogen and oxygen atoms in total. The number of furan rings is 1. The fourth-order valence-electron chi connectivity index (χ4n) is 2.95. The summed E-state index contributed by atoms with van der Waals surface area (Å²) in [5.74, 6) is 2.07. The molecule has 0 aliphatic rings. The molecule has 0 saturated heterocycles. The third-order valence-electron chi connectivity index (χ3n) is 4.27. The van der Waals surface area contributed by atoms with E-state index >= 15 is 0 Å². The summed E-state index contributed by atoms with van der Waals surface area (Å²) in [4.78, 5) is 10.2. The third kappa shape index (κ3) is 7.03. The molecule has 3 rings (SSSR count). The van der Waals surface area contributed by atoms with Gasteiger partial charge in [0.1, 0.15) is 11.5 Å². The molecule has 0 atom stereocenters. The summed E-state index contributed by atoms with van der Waals surface area (Å²) in [6.07, 6.45) is 0. The zero-order valence-electron chi connectivity index (χ0n) is 17.5. The van der Waals surface area contributed by atoms with Crippen molar-refractivity contribution in [3.63, 3.8) is 0 Å². The summed E-state index contributed by atoms with van der Waals surface area (Å²) in [5, 5.41) is 4.14. The Labute approximate surface area is 192 Å². The van der Waals surface area contributed by atoms with Crippen LogP contribution >= 0.6 is 20.2 Å². The van der Waals surface area contributed by atoms with Crippen LogP contribution < -0.4 is 4.84 Å². The Hall–Kier alpha value is -2.04. The van der Waals surface area contributed by atoms with Crippen LogP contribution in [0.4, 0.5) is 5.69 Å². The molecule has 0 unspecified atom stereocenters. The number of para-hydroxylation sites is 1. The van der Waals surface area contributed by atoms with Crippen molar-refractivity contribution in [3.05, 3.63) is 82.8 Å². The molecule has 0 fully saturated rings. The molecule has 2 aromatic carbocycles. The van der Waals surface area contributed by atoms with Gasteiger partial charge in [-0.25, -0.2) is 4.99 Å². The second-order valence-corrected chi connectivity index (χ2v) is 8.56. The van der Waals surface area contributed by atoms with Crippen LogP contribution in [-0.4, -0.2) is 11.4 Å². The number of oxime groups is 1. The van der Waals surface area contributed by atoms with Gasteiger partial charge in [-0.3, -0.25) is 0 Å². The van der Waals surface area contributed by atoms with E-state index in [-0.39, 0.29) is 13.1 Å². The van der Waals surface area contributed by atoms with Crippen molar-refractivity contribution in [1.82, 2.24) is 0 Å². The van der Waals surface area contributed by atoms with Crippen molar-refractivity contribution in [3.8, 4) is 5.75 Å². The van der Waals surface area contributed by atoms with Gasteiger partial charge in [0.05, 0.1) is 11.4 Å². The summed E-state index contributed by atoms with van der Waals surface area (Å²) in [7, 11) is 9.53. The molecule has 160 valence electrons. The normalized spacial score (nSPS) is 11.8. The van der Waals surface area contributed by atoms with E-state index < -0.39 is 0 Å². The zero-order valence-corrected chi connectivity index (χ0v) is 20.1. The average molecular weight is 487 g/mol. The summed E-state index contributed by atoms with van der Waals surface area (Å²) >= 11 is 0.194. The van der Waals surface area contributed by atoms with Crippen LogP contribution in [0.1, 0.15) is 42.1 Å². The van der Waals surface area contributed by atoms with Gasteiger partial charge in [0.25, 0.3) is 0 Å². The van der Waals surface area contributed by atoms with Gasteiger partial charge in [0.2, 0.25) is 0 Å². The van der Waals surface area contributed by atoms with Crippen molar-refractivity contribution in [2.45, 2.75) is 34.6 Å². The van der Waals surface area contributed by atoms with Crippen LogP contribution in [0.15, 0.2) is 69.2 Å². The Bertz CT molecular complexity index is 1010. The molecule has 0 radical (unpaired) electrons. The number of rotatable bonds is 5. The predicted molar refractivity (Wildman–Crippen MR) is 122 cm³/mol. The molecule has 1 aromatic heterocycles. The predicted octanol–water partition coefficient (Wildman–Crippen LogP) is 7.53. The van der Waals surface area contributed by atoms with Crippen LogP contribution in [0.25, 0.3) is 0 Å². The van der Waals surface area contributed by atoms with E-state index in [0.717, 1.165) is 28.3 Å². The third-order valence-corrected chi connectivity index (χ3v) is 4.27. The van der Waals surface area contributed by atoms with E-state index in [0.29, 0.717) is 17.2 Å². The van der Waals surface area contributed by atoms with E-state index in [1.54, 1.807) is 0 Å². The second kappa shape index (κ2) is 12.0. The van der Waals surface area contributed by atoms with E-state index in [1.807, 2.05) is 56.3 Å². The van der Waals surface area contributed by atoms with E-state index in [2.05, 4.69) is 38.1 Å². The van der Waals surface area contributed by atoms with Gasteiger partial charge >= 0.3 is 33.3 Å². The Balaban J connectivity index is 0.00000101. The topological polar surface area (TPSA) is 47.1 Å². The van der Waals surface area contributed by atoms with Gasteiger partial charge in [-0.05, 0) is 70.0 Å². The van der Waals surface area contributed by atoms with Crippen molar-refractivity contribution in [2.75, 3.05) is 0 Å². The maximum atomic E-state index is 5.93. The first-order valence-electron chi connectivity index (χ1n) is 9.21. The first-order valence-corrected chi connectivity index (χ1v) is 12.2. The molecule has 0 bridgehead atoms. The first-order chi connectivity index (χ1) is 14.3. The molecule has 0 aliphatic heterocycles. The molecule has 3 aromatic rings. The van der Waals surface area contributed by atoms with Crippen LogP contribution in [0, 0.1) is 20.8 Å². The van der Waals surface area contributed by atoms with Gasteiger partial charge < -0.3 is 9.25 Å². The molecular weight excluding hydrogens is 463 g/mol. The summed E-state index contributed by atoms with van der Waals surface area (Å²) in [5.41, 5.74) is 6.05. The van der Waals surface area contributed by atoms with Crippen LogP contribution in [0.5, 0.6) is 5.75 Å². The molecule has 0 N–H and O–H groups in total. The van der Waals surface area contributed by atoms with Crippen molar-refractivity contribution in [1.29, 1.82) is 0 Å². The van der Waals surface area contributed by atoms with E-state index in [1.165, 1.54) is 5.56 Å². The minimum absolute atomic E-state index is 0.194. The fourth-order valence-corrected chi connectivity index (χ4v) is 2.95. The number of aliphatic imine (C=N–C) groups is 1. The number of nitrogens with zero attached hydrogens (tertiary/aromatic N) is 2. The molecule has 0 spiro atoms. The quantitative estimate of drug-likeness (QED) is 0.212. The SMILES string of the molecule is CC(=Nc1c(C)cc(C)cc1C)c1ccc(/C(C)=N/Oc2ccccc2)o1.[Cl][Fe][Cl]. The fraction of sp³-hybridized carbons (Fsp3) is 0.217. The molecule has 30 heavy (non-hydrogen) atoms. The van der Waals surface area contributed by atoms with Crippen LogP contribution in [-0.2, 0) is 13.1 Å². The zero-order chi connectivity index (χ0) is 22.1. The number of aryl methyl sites for hydroxylation is 3. The van der Waals surface area contributed by atoms with Crippen LogP contribution in [0.3, 0.4) is 0 Å². The summed E-state index contributed by atoms with van der Waals surface area (Å²) in [6, 6.07) is 17.5. The number of benzene rings is 2. The van der Waals surface area contributed by atoms with Gasteiger partial charge in [0.15, 0.2) is 11.5 Å². The second-order valence-electron chi connectivity index (χ2n) is 6.74. The molecule has 0 aliphatic carbocycles. The number of hydrogen-bond acceptors (Lipinski definition) is 4. The minimum atomic E-state index is 0.194.